The van der Waals surface area contributed by atoms with Crippen molar-refractivity contribution in [3.63, 3.8) is 0 Å². The van der Waals surface area contributed by atoms with Crippen LogP contribution in [-0.2, 0) is 30.8 Å². The van der Waals surface area contributed by atoms with E-state index in [0.717, 1.165) is 27.8 Å². The maximum atomic E-state index is 12.8. The molecule has 0 unspecified atom stereocenters. The standard InChI is InChI=1S/C21H24N4O5S2/c26-20(22-9-8-15-13-23-17-6-2-1-5-16(15)17)21(27)24-14-18-25(10-4-11-30-18)32(28,29)19-7-3-12-31-19/h1-3,5-7,12-13,18,23H,4,8-11,14H2,(H,22,26)(H,24,27)/t18-/m0/s1. The first-order valence-electron chi connectivity index (χ1n) is 10.2. The smallest absolute Gasteiger partial charge is 0.309 e. The summed E-state index contributed by atoms with van der Waals surface area (Å²) in [4.78, 5) is 27.6. The average Bonchev–Trinajstić information content (AvgIpc) is 3.49. The van der Waals surface area contributed by atoms with E-state index < -0.39 is 28.1 Å². The topological polar surface area (TPSA) is 121 Å². The Balaban J connectivity index is 1.28. The van der Waals surface area contributed by atoms with E-state index in [1.807, 2.05) is 30.5 Å². The third kappa shape index (κ3) is 4.85. The van der Waals surface area contributed by atoms with Gasteiger partial charge in [-0.05, 0) is 35.9 Å². The van der Waals surface area contributed by atoms with Crippen LogP contribution < -0.4 is 10.6 Å². The first-order valence-corrected chi connectivity index (χ1v) is 12.6. The summed E-state index contributed by atoms with van der Waals surface area (Å²) in [5.74, 6) is -1.60. The van der Waals surface area contributed by atoms with Gasteiger partial charge in [-0.15, -0.1) is 11.3 Å². The molecule has 0 aliphatic carbocycles. The number of nitrogens with one attached hydrogen (secondary N) is 3. The predicted molar refractivity (Wildman–Crippen MR) is 121 cm³/mol. The molecule has 2 amide bonds. The highest BCUT2D eigenvalue weighted by Crippen LogP contribution is 2.25. The Labute approximate surface area is 189 Å². The number of nitrogens with zero attached hydrogens (tertiary/aromatic N) is 1. The molecule has 0 saturated carbocycles. The van der Waals surface area contributed by atoms with Crippen LogP contribution >= 0.6 is 11.3 Å². The first-order chi connectivity index (χ1) is 15.5. The Bertz CT molecular complexity index is 1190. The number of H-pyrrole nitrogens is 1. The molecule has 0 radical (unpaired) electrons. The Morgan fingerprint density at radius 2 is 1.97 bits per heavy atom. The van der Waals surface area contributed by atoms with Crippen molar-refractivity contribution in [1.82, 2.24) is 19.9 Å². The molecule has 3 heterocycles. The lowest BCUT2D eigenvalue weighted by molar-refractivity contribution is -0.140. The van der Waals surface area contributed by atoms with E-state index in [9.17, 15) is 18.0 Å². The molecule has 1 saturated heterocycles. The first kappa shape index (κ1) is 22.5. The maximum Gasteiger partial charge on any atom is 0.309 e. The second-order valence-electron chi connectivity index (χ2n) is 7.30. The third-order valence-corrected chi connectivity index (χ3v) is 8.47. The summed E-state index contributed by atoms with van der Waals surface area (Å²) in [6.45, 7) is 0.859. The van der Waals surface area contributed by atoms with Crippen LogP contribution in [0.25, 0.3) is 10.9 Å². The van der Waals surface area contributed by atoms with E-state index in [0.29, 0.717) is 26.0 Å². The number of hydrogen-bond acceptors (Lipinski definition) is 6. The van der Waals surface area contributed by atoms with Crippen molar-refractivity contribution in [3.8, 4) is 0 Å². The van der Waals surface area contributed by atoms with Crippen molar-refractivity contribution in [1.29, 1.82) is 0 Å². The second kappa shape index (κ2) is 9.82. The van der Waals surface area contributed by atoms with Crippen molar-refractivity contribution in [2.24, 2.45) is 0 Å². The molecule has 1 aliphatic rings. The van der Waals surface area contributed by atoms with Crippen LogP contribution in [0.15, 0.2) is 52.2 Å². The zero-order valence-electron chi connectivity index (χ0n) is 17.2. The number of para-hydroxylation sites is 1. The third-order valence-electron chi connectivity index (χ3n) is 5.21. The number of thiophene rings is 1. The van der Waals surface area contributed by atoms with E-state index in [-0.39, 0.29) is 17.3 Å². The highest BCUT2D eigenvalue weighted by molar-refractivity contribution is 7.91. The Morgan fingerprint density at radius 3 is 2.78 bits per heavy atom. The van der Waals surface area contributed by atoms with Gasteiger partial charge >= 0.3 is 11.8 Å². The van der Waals surface area contributed by atoms with Crippen molar-refractivity contribution in [3.05, 3.63) is 53.5 Å². The molecule has 170 valence electrons. The van der Waals surface area contributed by atoms with Crippen LogP contribution in [0.3, 0.4) is 0 Å². The van der Waals surface area contributed by atoms with Gasteiger partial charge in [-0.25, -0.2) is 8.42 Å². The molecule has 2 aromatic heterocycles. The van der Waals surface area contributed by atoms with Crippen molar-refractivity contribution >= 4 is 44.1 Å². The van der Waals surface area contributed by atoms with Crippen LogP contribution in [0, 0.1) is 0 Å². The summed E-state index contributed by atoms with van der Waals surface area (Å²) >= 11 is 1.12. The summed E-state index contributed by atoms with van der Waals surface area (Å²) in [6, 6.07) is 11.1. The Kier molecular flexibility index (Phi) is 6.89. The second-order valence-corrected chi connectivity index (χ2v) is 10.4. The molecule has 32 heavy (non-hydrogen) atoms. The number of benzene rings is 1. The van der Waals surface area contributed by atoms with Gasteiger partial charge in [0, 0.05) is 30.2 Å². The minimum absolute atomic E-state index is 0.112. The molecule has 11 heteroatoms. The number of carbonyl (C=O) groups is 2. The highest BCUT2D eigenvalue weighted by Gasteiger charge is 2.35. The lowest BCUT2D eigenvalue weighted by Crippen LogP contribution is -2.53. The summed E-state index contributed by atoms with van der Waals surface area (Å²) < 4.78 is 32.7. The molecule has 9 nitrogen and oxygen atoms in total. The molecule has 0 spiro atoms. The number of hydrogen-bond donors (Lipinski definition) is 3. The van der Waals surface area contributed by atoms with E-state index in [1.54, 1.807) is 11.4 Å². The van der Waals surface area contributed by atoms with Gasteiger partial charge in [0.15, 0.2) is 0 Å². The van der Waals surface area contributed by atoms with Crippen molar-refractivity contribution < 1.29 is 22.7 Å². The van der Waals surface area contributed by atoms with Crippen LogP contribution in [-0.4, -0.2) is 62.0 Å². The zero-order valence-corrected chi connectivity index (χ0v) is 18.9. The minimum Gasteiger partial charge on any atom is -0.361 e. The summed E-state index contributed by atoms with van der Waals surface area (Å²) in [6.07, 6.45) is 2.16. The molecule has 1 aliphatic heterocycles. The average molecular weight is 477 g/mol. The number of aromatic amines is 1. The number of amides is 2. The Morgan fingerprint density at radius 1 is 1.16 bits per heavy atom. The number of sulfonamides is 1. The summed E-state index contributed by atoms with van der Waals surface area (Å²) in [5, 5.41) is 7.86. The predicted octanol–water partition coefficient (Wildman–Crippen LogP) is 1.44. The fourth-order valence-corrected chi connectivity index (χ4v) is 6.30. The highest BCUT2D eigenvalue weighted by atomic mass is 32.2. The molecule has 3 aromatic rings. The normalized spacial score (nSPS) is 17.3. The fourth-order valence-electron chi connectivity index (χ4n) is 3.62. The number of aromatic nitrogens is 1. The van der Waals surface area contributed by atoms with Gasteiger partial charge in [-0.3, -0.25) is 9.59 Å². The lowest BCUT2D eigenvalue weighted by Gasteiger charge is -2.34. The van der Waals surface area contributed by atoms with E-state index >= 15 is 0 Å². The van der Waals surface area contributed by atoms with Gasteiger partial charge in [0.2, 0.25) is 0 Å². The fraction of sp³-hybridized carbons (Fsp3) is 0.333. The van der Waals surface area contributed by atoms with E-state index in [4.69, 9.17) is 4.74 Å². The molecule has 0 bridgehead atoms. The molecule has 3 N–H and O–H groups in total. The van der Waals surface area contributed by atoms with Gasteiger partial charge in [0.25, 0.3) is 10.0 Å². The molecule has 1 atom stereocenters. The summed E-state index contributed by atoms with van der Waals surface area (Å²) in [5.41, 5.74) is 2.06. The van der Waals surface area contributed by atoms with Crippen LogP contribution in [0.4, 0.5) is 0 Å². The molecule has 1 fully saturated rings. The monoisotopic (exact) mass is 476 g/mol. The quantitative estimate of drug-likeness (QED) is 0.446. The maximum absolute atomic E-state index is 12.8. The number of ether oxygens (including phenoxy) is 1. The molecular formula is C21H24N4O5S2. The van der Waals surface area contributed by atoms with Gasteiger partial charge in [0.1, 0.15) is 10.4 Å². The van der Waals surface area contributed by atoms with E-state index in [2.05, 4.69) is 15.6 Å². The minimum atomic E-state index is -3.72. The van der Waals surface area contributed by atoms with Crippen molar-refractivity contribution in [2.75, 3.05) is 26.2 Å². The van der Waals surface area contributed by atoms with Gasteiger partial charge < -0.3 is 20.4 Å². The number of fused-ring (bicyclic) bond motifs is 1. The van der Waals surface area contributed by atoms with Crippen molar-refractivity contribution in [2.45, 2.75) is 23.3 Å². The molecule has 4 rings (SSSR count). The van der Waals surface area contributed by atoms with Crippen LogP contribution in [0.1, 0.15) is 12.0 Å². The van der Waals surface area contributed by atoms with E-state index in [1.165, 1.54) is 10.4 Å². The molecular weight excluding hydrogens is 452 g/mol. The SMILES string of the molecule is O=C(NCCc1c[nH]c2ccccc12)C(=O)NC[C@@H]1OCCCN1S(=O)(=O)c1cccs1. The largest absolute Gasteiger partial charge is 0.361 e. The van der Waals surface area contributed by atoms with Gasteiger partial charge in [-0.2, -0.15) is 4.31 Å². The number of carbonyl (C=O) groups excluding carboxylic acids is 2. The number of rotatable bonds is 7. The van der Waals surface area contributed by atoms with Gasteiger partial charge in [-0.1, -0.05) is 24.3 Å². The zero-order chi connectivity index (χ0) is 22.6. The van der Waals surface area contributed by atoms with Crippen LogP contribution in [0.5, 0.6) is 0 Å². The summed E-state index contributed by atoms with van der Waals surface area (Å²) in [7, 11) is -3.72. The van der Waals surface area contributed by atoms with Gasteiger partial charge in [0.05, 0.1) is 13.2 Å². The lowest BCUT2D eigenvalue weighted by atomic mass is 10.1. The van der Waals surface area contributed by atoms with Crippen LogP contribution in [0.2, 0.25) is 0 Å². The molecule has 1 aromatic carbocycles. The Hall–Kier alpha value is -2.73.